The average Bonchev–Trinajstić information content (AvgIpc) is 2.81. The standard InChI is InChI=1S/C13H17ClN4O2/c14-11-4-3-10-12(16-11)17-13(20-10)15-9-2-1-5-18(8-9)6-7-19/h3-4,9,19H,1-2,5-8H2,(H,15,16,17)/t9-/m1/s1. The van der Waals surface area contributed by atoms with Crippen molar-refractivity contribution in [3.63, 3.8) is 0 Å². The molecule has 0 unspecified atom stereocenters. The van der Waals surface area contributed by atoms with Crippen molar-refractivity contribution < 1.29 is 9.52 Å². The number of piperidine rings is 1. The molecular weight excluding hydrogens is 280 g/mol. The van der Waals surface area contributed by atoms with Crippen LogP contribution in [0.15, 0.2) is 16.5 Å². The van der Waals surface area contributed by atoms with Gasteiger partial charge in [-0.05, 0) is 31.5 Å². The fourth-order valence-electron chi connectivity index (χ4n) is 2.55. The first kappa shape index (κ1) is 13.6. The minimum Gasteiger partial charge on any atom is -0.422 e. The molecule has 1 aliphatic heterocycles. The van der Waals surface area contributed by atoms with Gasteiger partial charge in [0.25, 0.3) is 6.01 Å². The van der Waals surface area contributed by atoms with Gasteiger partial charge in [0.2, 0.25) is 5.65 Å². The van der Waals surface area contributed by atoms with Gasteiger partial charge < -0.3 is 14.8 Å². The molecule has 3 heterocycles. The summed E-state index contributed by atoms with van der Waals surface area (Å²) in [5.41, 5.74) is 1.14. The molecule has 0 amide bonds. The van der Waals surface area contributed by atoms with Gasteiger partial charge in [-0.3, -0.25) is 4.90 Å². The van der Waals surface area contributed by atoms with Crippen LogP contribution in [0.1, 0.15) is 12.8 Å². The highest BCUT2D eigenvalue weighted by Crippen LogP contribution is 2.21. The van der Waals surface area contributed by atoms with Crippen molar-refractivity contribution in [1.82, 2.24) is 14.9 Å². The molecule has 7 heteroatoms. The normalized spacial score (nSPS) is 20.4. The zero-order chi connectivity index (χ0) is 13.9. The van der Waals surface area contributed by atoms with E-state index in [1.807, 2.05) is 0 Å². The number of anilines is 1. The van der Waals surface area contributed by atoms with Crippen LogP contribution in [-0.4, -0.2) is 52.3 Å². The maximum Gasteiger partial charge on any atom is 0.297 e. The quantitative estimate of drug-likeness (QED) is 0.837. The van der Waals surface area contributed by atoms with Crippen molar-refractivity contribution in [2.45, 2.75) is 18.9 Å². The molecule has 0 aromatic carbocycles. The van der Waals surface area contributed by atoms with E-state index in [0.717, 1.165) is 25.9 Å². The predicted octanol–water partition coefficient (Wildman–Crippen LogP) is 1.74. The topological polar surface area (TPSA) is 74.4 Å². The Kier molecular flexibility index (Phi) is 4.05. The molecule has 6 nitrogen and oxygen atoms in total. The number of pyridine rings is 1. The summed E-state index contributed by atoms with van der Waals surface area (Å²) in [6, 6.07) is 4.20. The monoisotopic (exact) mass is 296 g/mol. The molecule has 0 saturated carbocycles. The van der Waals surface area contributed by atoms with Gasteiger partial charge in [0.1, 0.15) is 5.15 Å². The second-order valence-electron chi connectivity index (χ2n) is 4.98. The smallest absolute Gasteiger partial charge is 0.297 e. The molecule has 2 N–H and O–H groups in total. The van der Waals surface area contributed by atoms with Gasteiger partial charge in [-0.2, -0.15) is 4.98 Å². The van der Waals surface area contributed by atoms with Crippen molar-refractivity contribution >= 4 is 28.8 Å². The van der Waals surface area contributed by atoms with E-state index in [1.54, 1.807) is 12.1 Å². The molecule has 20 heavy (non-hydrogen) atoms. The SMILES string of the molecule is OCCN1CCC[C@@H](Nc2nc3nc(Cl)ccc3o2)C1. The van der Waals surface area contributed by atoms with Crippen molar-refractivity contribution in [3.8, 4) is 0 Å². The molecule has 1 saturated heterocycles. The number of hydrogen-bond donors (Lipinski definition) is 2. The minimum atomic E-state index is 0.192. The van der Waals surface area contributed by atoms with Gasteiger partial charge in [0.15, 0.2) is 5.58 Å². The number of oxazole rings is 1. The maximum atomic E-state index is 9.00. The summed E-state index contributed by atoms with van der Waals surface area (Å²) in [7, 11) is 0. The van der Waals surface area contributed by atoms with E-state index in [9.17, 15) is 0 Å². The fourth-order valence-corrected chi connectivity index (χ4v) is 2.69. The predicted molar refractivity (Wildman–Crippen MR) is 77.0 cm³/mol. The number of fused-ring (bicyclic) bond motifs is 1. The van der Waals surface area contributed by atoms with Crippen LogP contribution < -0.4 is 5.32 Å². The minimum absolute atomic E-state index is 0.192. The van der Waals surface area contributed by atoms with E-state index < -0.39 is 0 Å². The Morgan fingerprint density at radius 2 is 2.35 bits per heavy atom. The zero-order valence-electron chi connectivity index (χ0n) is 11.0. The number of nitrogens with zero attached hydrogens (tertiary/aromatic N) is 3. The summed E-state index contributed by atoms with van der Waals surface area (Å²) in [5, 5.41) is 12.7. The van der Waals surface area contributed by atoms with Crippen molar-refractivity contribution in [1.29, 1.82) is 0 Å². The first-order chi connectivity index (χ1) is 9.74. The first-order valence-electron chi connectivity index (χ1n) is 6.77. The second-order valence-corrected chi connectivity index (χ2v) is 5.37. The number of likely N-dealkylation sites (tertiary alicyclic amines) is 1. The van der Waals surface area contributed by atoms with Crippen LogP contribution in [-0.2, 0) is 0 Å². The van der Waals surface area contributed by atoms with Crippen LogP contribution in [0.3, 0.4) is 0 Å². The van der Waals surface area contributed by atoms with Crippen LogP contribution in [0, 0.1) is 0 Å². The Morgan fingerprint density at radius 1 is 1.45 bits per heavy atom. The highest BCUT2D eigenvalue weighted by atomic mass is 35.5. The third kappa shape index (κ3) is 3.03. The molecular formula is C13H17ClN4O2. The van der Waals surface area contributed by atoms with E-state index in [-0.39, 0.29) is 12.6 Å². The van der Waals surface area contributed by atoms with Crippen molar-refractivity contribution in [3.05, 3.63) is 17.3 Å². The third-order valence-corrected chi connectivity index (χ3v) is 3.68. The molecule has 1 fully saturated rings. The number of halogens is 1. The molecule has 0 bridgehead atoms. The van der Waals surface area contributed by atoms with E-state index in [1.165, 1.54) is 0 Å². The average molecular weight is 297 g/mol. The molecule has 0 spiro atoms. The van der Waals surface area contributed by atoms with Crippen LogP contribution in [0.25, 0.3) is 11.2 Å². The molecule has 3 rings (SSSR count). The highest BCUT2D eigenvalue weighted by molar-refractivity contribution is 6.29. The number of rotatable bonds is 4. The summed E-state index contributed by atoms with van der Waals surface area (Å²) in [5.74, 6) is 0. The maximum absolute atomic E-state index is 9.00. The number of nitrogens with one attached hydrogen (secondary N) is 1. The van der Waals surface area contributed by atoms with Crippen molar-refractivity contribution in [2.75, 3.05) is 31.6 Å². The first-order valence-corrected chi connectivity index (χ1v) is 7.15. The second kappa shape index (κ2) is 5.95. The van der Waals surface area contributed by atoms with Crippen molar-refractivity contribution in [2.24, 2.45) is 0 Å². The van der Waals surface area contributed by atoms with E-state index in [4.69, 9.17) is 21.1 Å². The summed E-state index contributed by atoms with van der Waals surface area (Å²) in [6.07, 6.45) is 2.16. The largest absolute Gasteiger partial charge is 0.422 e. The van der Waals surface area contributed by atoms with Gasteiger partial charge in [0.05, 0.1) is 6.61 Å². The van der Waals surface area contributed by atoms with Gasteiger partial charge >= 0.3 is 0 Å². The molecule has 1 atom stereocenters. The Morgan fingerprint density at radius 3 is 3.20 bits per heavy atom. The molecule has 0 radical (unpaired) electrons. The van der Waals surface area contributed by atoms with E-state index in [0.29, 0.717) is 28.9 Å². The van der Waals surface area contributed by atoms with Gasteiger partial charge in [-0.25, -0.2) is 4.98 Å². The Hall–Kier alpha value is -1.37. The number of hydrogen-bond acceptors (Lipinski definition) is 6. The number of β-amino-alcohol motifs (C(OH)–C–C–N with tert-alkyl or cyclic N) is 1. The van der Waals surface area contributed by atoms with Gasteiger partial charge in [-0.15, -0.1) is 0 Å². The Balaban J connectivity index is 1.69. The Bertz CT molecular complexity index is 587. The van der Waals surface area contributed by atoms with E-state index >= 15 is 0 Å². The summed E-state index contributed by atoms with van der Waals surface area (Å²) in [4.78, 5) is 10.6. The number of aliphatic hydroxyl groups excluding tert-OH is 1. The summed E-state index contributed by atoms with van der Waals surface area (Å²) in [6.45, 7) is 2.82. The molecule has 108 valence electrons. The molecule has 2 aromatic rings. The highest BCUT2D eigenvalue weighted by Gasteiger charge is 2.21. The zero-order valence-corrected chi connectivity index (χ0v) is 11.8. The van der Waals surface area contributed by atoms with Crippen LogP contribution in [0.4, 0.5) is 6.01 Å². The lowest BCUT2D eigenvalue weighted by Gasteiger charge is -2.32. The number of aliphatic hydroxyl groups is 1. The molecule has 2 aromatic heterocycles. The summed E-state index contributed by atoms with van der Waals surface area (Å²) < 4.78 is 5.61. The van der Waals surface area contributed by atoms with E-state index in [2.05, 4.69) is 20.2 Å². The number of aromatic nitrogens is 2. The molecule has 0 aliphatic carbocycles. The lowest BCUT2D eigenvalue weighted by atomic mass is 10.1. The molecule has 1 aliphatic rings. The van der Waals surface area contributed by atoms with Crippen LogP contribution in [0.5, 0.6) is 0 Å². The van der Waals surface area contributed by atoms with Gasteiger partial charge in [0, 0.05) is 19.1 Å². The Labute approximate surface area is 121 Å². The van der Waals surface area contributed by atoms with Crippen LogP contribution in [0.2, 0.25) is 5.15 Å². The lowest BCUT2D eigenvalue weighted by molar-refractivity contribution is 0.166. The lowest BCUT2D eigenvalue weighted by Crippen LogP contribution is -2.43. The van der Waals surface area contributed by atoms with Gasteiger partial charge in [-0.1, -0.05) is 11.6 Å². The fraction of sp³-hybridized carbons (Fsp3) is 0.538. The third-order valence-electron chi connectivity index (χ3n) is 3.47. The summed E-state index contributed by atoms with van der Waals surface area (Å²) >= 11 is 5.83. The van der Waals surface area contributed by atoms with Crippen LogP contribution >= 0.6 is 11.6 Å².